The van der Waals surface area contributed by atoms with Crippen molar-refractivity contribution < 1.29 is 14.0 Å². The van der Waals surface area contributed by atoms with Gasteiger partial charge < -0.3 is 10.6 Å². The maximum Gasteiger partial charge on any atom is 0.266 e. The molecule has 8 heteroatoms. The molecule has 2 amide bonds. The molecule has 3 aromatic rings. The second-order valence-corrected chi connectivity index (χ2v) is 8.04. The van der Waals surface area contributed by atoms with E-state index in [2.05, 4.69) is 26.6 Å². The van der Waals surface area contributed by atoms with Gasteiger partial charge in [-0.2, -0.15) is 0 Å². The molecule has 1 heterocycles. The van der Waals surface area contributed by atoms with Gasteiger partial charge in [0.05, 0.1) is 20.5 Å². The van der Waals surface area contributed by atoms with Gasteiger partial charge in [-0.3, -0.25) is 9.59 Å². The van der Waals surface area contributed by atoms with Crippen LogP contribution in [0.5, 0.6) is 0 Å². The van der Waals surface area contributed by atoms with Crippen LogP contribution in [-0.2, 0) is 0 Å². The first-order valence-corrected chi connectivity index (χ1v) is 9.76. The average Bonchev–Trinajstić information content (AvgIpc) is 2.95. The number of rotatable bonds is 4. The van der Waals surface area contributed by atoms with Gasteiger partial charge in [-0.25, -0.2) is 4.39 Å². The van der Waals surface area contributed by atoms with Gasteiger partial charge >= 0.3 is 0 Å². The maximum atomic E-state index is 13.1. The Morgan fingerprint density at radius 1 is 1.07 bits per heavy atom. The lowest BCUT2D eigenvalue weighted by atomic mass is 10.2. The van der Waals surface area contributed by atoms with Crippen molar-refractivity contribution in [2.45, 2.75) is 6.92 Å². The number of benzene rings is 2. The van der Waals surface area contributed by atoms with E-state index < -0.39 is 11.7 Å². The number of nitrogens with one attached hydrogen (secondary N) is 2. The molecule has 2 aromatic carbocycles. The number of anilines is 2. The number of halogens is 3. The predicted molar refractivity (Wildman–Crippen MR) is 111 cm³/mol. The normalized spacial score (nSPS) is 10.5. The monoisotopic (exact) mass is 466 g/mol. The number of hydrogen-bond donors (Lipinski definition) is 2. The van der Waals surface area contributed by atoms with Crippen LogP contribution in [-0.4, -0.2) is 11.8 Å². The molecule has 0 unspecified atom stereocenters. The zero-order valence-corrected chi connectivity index (χ0v) is 17.1. The number of carbonyl (C=O) groups is 2. The minimum atomic E-state index is -0.518. The topological polar surface area (TPSA) is 58.2 Å². The van der Waals surface area contributed by atoms with Gasteiger partial charge in [0.25, 0.3) is 11.8 Å². The van der Waals surface area contributed by atoms with Crippen molar-refractivity contribution in [2.24, 2.45) is 0 Å². The van der Waals surface area contributed by atoms with Gasteiger partial charge in [-0.05, 0) is 55.0 Å². The van der Waals surface area contributed by atoms with E-state index in [4.69, 9.17) is 11.6 Å². The Kier molecular flexibility index (Phi) is 5.94. The van der Waals surface area contributed by atoms with Gasteiger partial charge in [0, 0.05) is 10.2 Å². The summed E-state index contributed by atoms with van der Waals surface area (Å²) in [5, 5.41) is 6.03. The Labute approximate surface area is 172 Å². The predicted octanol–water partition coefficient (Wildman–Crippen LogP) is 6.12. The number of amides is 2. The third-order valence-corrected chi connectivity index (χ3v) is 5.58. The minimum absolute atomic E-state index is 0.0217. The van der Waals surface area contributed by atoms with Gasteiger partial charge in [0.15, 0.2) is 0 Å². The van der Waals surface area contributed by atoms with E-state index in [-0.39, 0.29) is 16.5 Å². The van der Waals surface area contributed by atoms with Crippen molar-refractivity contribution in [1.29, 1.82) is 0 Å². The van der Waals surface area contributed by atoms with Crippen LogP contribution >= 0.6 is 38.9 Å². The fourth-order valence-corrected chi connectivity index (χ4v) is 3.99. The summed E-state index contributed by atoms with van der Waals surface area (Å²) >= 11 is 10.4. The first kappa shape index (κ1) is 19.5. The molecule has 4 nitrogen and oxygen atoms in total. The van der Waals surface area contributed by atoms with E-state index in [9.17, 15) is 14.0 Å². The first-order chi connectivity index (χ1) is 12.8. The summed E-state index contributed by atoms with van der Waals surface area (Å²) in [5.74, 6) is -1.26. The highest BCUT2D eigenvalue weighted by Gasteiger charge is 2.17. The van der Waals surface area contributed by atoms with Gasteiger partial charge in [-0.1, -0.05) is 33.6 Å². The van der Waals surface area contributed by atoms with Gasteiger partial charge in [0.2, 0.25) is 0 Å². The van der Waals surface area contributed by atoms with Crippen molar-refractivity contribution in [3.8, 4) is 0 Å². The molecule has 0 bridgehead atoms. The lowest BCUT2D eigenvalue weighted by Gasteiger charge is -2.05. The minimum Gasteiger partial charge on any atom is -0.321 e. The number of thiophene rings is 1. The van der Waals surface area contributed by atoms with E-state index >= 15 is 0 Å². The Balaban J connectivity index is 1.75. The second kappa shape index (κ2) is 8.21. The SMILES string of the molecule is Cc1cc(NC(=O)c2ccc(F)cc2Cl)sc1C(=O)Nc1cccc(Br)c1. The standard InChI is InChI=1S/C19H13BrClFN2O2S/c1-10-7-16(24-18(25)14-6-5-12(22)9-15(14)21)27-17(10)19(26)23-13-4-2-3-11(20)8-13/h2-9H,1H3,(H,23,26)(H,24,25). The molecule has 0 radical (unpaired) electrons. The van der Waals surface area contributed by atoms with E-state index in [0.717, 1.165) is 33.5 Å². The molecule has 27 heavy (non-hydrogen) atoms. The molecule has 0 saturated carbocycles. The van der Waals surface area contributed by atoms with Crippen LogP contribution in [0.4, 0.5) is 15.1 Å². The fraction of sp³-hybridized carbons (Fsp3) is 0.0526. The Morgan fingerprint density at radius 3 is 2.56 bits per heavy atom. The highest BCUT2D eigenvalue weighted by atomic mass is 79.9. The van der Waals surface area contributed by atoms with Crippen LogP contribution in [0.1, 0.15) is 25.6 Å². The van der Waals surface area contributed by atoms with Crippen LogP contribution in [0.2, 0.25) is 5.02 Å². The quantitative estimate of drug-likeness (QED) is 0.486. The molecule has 138 valence electrons. The molecule has 0 aliphatic carbocycles. The summed E-state index contributed by atoms with van der Waals surface area (Å²) in [5.41, 5.74) is 1.54. The van der Waals surface area contributed by atoms with E-state index in [1.165, 1.54) is 6.07 Å². The molecule has 0 atom stereocenters. The summed E-state index contributed by atoms with van der Waals surface area (Å²) in [4.78, 5) is 25.3. The van der Waals surface area contributed by atoms with E-state index in [0.29, 0.717) is 15.6 Å². The fourth-order valence-electron chi connectivity index (χ4n) is 2.38. The van der Waals surface area contributed by atoms with Crippen LogP contribution in [0.25, 0.3) is 0 Å². The lowest BCUT2D eigenvalue weighted by molar-refractivity contribution is 0.102. The number of hydrogen-bond acceptors (Lipinski definition) is 3. The van der Waals surface area contributed by atoms with Gasteiger partial charge in [0.1, 0.15) is 5.82 Å². The summed E-state index contributed by atoms with van der Waals surface area (Å²) in [6.07, 6.45) is 0. The summed E-state index contributed by atoms with van der Waals surface area (Å²) in [7, 11) is 0. The molecule has 0 spiro atoms. The van der Waals surface area contributed by atoms with Crippen LogP contribution in [0.3, 0.4) is 0 Å². The van der Waals surface area contributed by atoms with Crippen molar-refractivity contribution in [3.63, 3.8) is 0 Å². The summed E-state index contributed by atoms with van der Waals surface area (Å²) in [6.45, 7) is 1.78. The Hall–Kier alpha value is -2.22. The first-order valence-electron chi connectivity index (χ1n) is 7.77. The third-order valence-electron chi connectivity index (χ3n) is 3.62. The molecule has 0 saturated heterocycles. The van der Waals surface area contributed by atoms with E-state index in [1.807, 2.05) is 12.1 Å². The number of carbonyl (C=O) groups excluding carboxylic acids is 2. The summed E-state index contributed by atoms with van der Waals surface area (Å²) in [6, 6.07) is 12.5. The maximum absolute atomic E-state index is 13.1. The van der Waals surface area contributed by atoms with Crippen LogP contribution < -0.4 is 10.6 Å². The smallest absolute Gasteiger partial charge is 0.266 e. The van der Waals surface area contributed by atoms with Crippen molar-refractivity contribution in [1.82, 2.24) is 0 Å². The van der Waals surface area contributed by atoms with Crippen molar-refractivity contribution in [3.05, 3.63) is 79.8 Å². The zero-order chi connectivity index (χ0) is 19.6. The summed E-state index contributed by atoms with van der Waals surface area (Å²) < 4.78 is 14.0. The lowest BCUT2D eigenvalue weighted by Crippen LogP contribution is -2.12. The highest BCUT2D eigenvalue weighted by Crippen LogP contribution is 2.29. The molecule has 1 aromatic heterocycles. The molecule has 2 N–H and O–H groups in total. The molecule has 0 aliphatic heterocycles. The largest absolute Gasteiger partial charge is 0.321 e. The van der Waals surface area contributed by atoms with Crippen LogP contribution in [0.15, 0.2) is 53.0 Å². The molecule has 3 rings (SSSR count). The Bertz CT molecular complexity index is 1040. The number of aryl methyl sites for hydroxylation is 1. The molecule has 0 fully saturated rings. The zero-order valence-electron chi connectivity index (χ0n) is 14.0. The molecule has 0 aliphatic rings. The second-order valence-electron chi connectivity index (χ2n) is 5.67. The van der Waals surface area contributed by atoms with Crippen LogP contribution in [0, 0.1) is 12.7 Å². The van der Waals surface area contributed by atoms with Gasteiger partial charge in [-0.15, -0.1) is 11.3 Å². The highest BCUT2D eigenvalue weighted by molar-refractivity contribution is 9.10. The molecular weight excluding hydrogens is 455 g/mol. The average molecular weight is 468 g/mol. The Morgan fingerprint density at radius 2 is 1.85 bits per heavy atom. The third kappa shape index (κ3) is 4.74. The molecular formula is C19H13BrClFN2O2S. The van der Waals surface area contributed by atoms with Crippen molar-refractivity contribution >= 4 is 61.4 Å². The van der Waals surface area contributed by atoms with Crippen molar-refractivity contribution in [2.75, 3.05) is 10.6 Å². The van der Waals surface area contributed by atoms with E-state index in [1.54, 1.807) is 25.1 Å².